The fourth-order valence-electron chi connectivity index (χ4n) is 2.59. The number of H-pyrrole nitrogens is 1. The van der Waals surface area contributed by atoms with Crippen molar-refractivity contribution in [2.24, 2.45) is 11.1 Å². The molecule has 1 fully saturated rings. The van der Waals surface area contributed by atoms with Crippen molar-refractivity contribution in [3.8, 4) is 0 Å². The van der Waals surface area contributed by atoms with E-state index in [1.165, 1.54) is 6.42 Å². The van der Waals surface area contributed by atoms with E-state index in [1.807, 2.05) is 18.5 Å². The summed E-state index contributed by atoms with van der Waals surface area (Å²) in [4.78, 5) is 15.2. The molecular weight excluding hydrogens is 214 g/mol. The number of carbonyl (C=O) groups excluding carboxylic acids is 1. The van der Waals surface area contributed by atoms with Crippen molar-refractivity contribution in [2.75, 3.05) is 6.54 Å². The van der Waals surface area contributed by atoms with Gasteiger partial charge < -0.3 is 16.0 Å². The average Bonchev–Trinajstić information content (AvgIpc) is 2.90. The number of rotatable bonds is 4. The lowest BCUT2D eigenvalue weighted by Crippen LogP contribution is -2.46. The average molecular weight is 235 g/mol. The highest BCUT2D eigenvalue weighted by molar-refractivity contribution is 5.83. The van der Waals surface area contributed by atoms with Crippen LogP contribution in [0.5, 0.6) is 0 Å². The number of nitrogens with two attached hydrogens (primary N) is 1. The van der Waals surface area contributed by atoms with Crippen molar-refractivity contribution < 1.29 is 4.79 Å². The zero-order chi connectivity index (χ0) is 12.1. The molecule has 2 rings (SSSR count). The summed E-state index contributed by atoms with van der Waals surface area (Å²) in [6, 6.07) is 1.97. The van der Waals surface area contributed by atoms with Gasteiger partial charge in [0.05, 0.1) is 5.41 Å². The Morgan fingerprint density at radius 2 is 2.18 bits per heavy atom. The maximum Gasteiger partial charge on any atom is 0.227 e. The Morgan fingerprint density at radius 3 is 2.76 bits per heavy atom. The van der Waals surface area contributed by atoms with Gasteiger partial charge in [-0.3, -0.25) is 4.79 Å². The number of aromatic nitrogens is 1. The first-order valence-electron chi connectivity index (χ1n) is 6.37. The van der Waals surface area contributed by atoms with Crippen LogP contribution in [-0.2, 0) is 11.3 Å². The normalized spacial score (nSPS) is 18.9. The van der Waals surface area contributed by atoms with Crippen LogP contribution in [0.15, 0.2) is 18.5 Å². The van der Waals surface area contributed by atoms with Crippen molar-refractivity contribution in [1.29, 1.82) is 0 Å². The molecule has 0 aromatic carbocycles. The smallest absolute Gasteiger partial charge is 0.227 e. The van der Waals surface area contributed by atoms with Crippen LogP contribution in [0.1, 0.15) is 37.7 Å². The second-order valence-electron chi connectivity index (χ2n) is 4.95. The topological polar surface area (TPSA) is 70.9 Å². The van der Waals surface area contributed by atoms with Gasteiger partial charge in [-0.1, -0.05) is 19.3 Å². The lowest BCUT2D eigenvalue weighted by Gasteiger charge is -2.34. The van der Waals surface area contributed by atoms with Crippen molar-refractivity contribution >= 4 is 5.91 Å². The zero-order valence-electron chi connectivity index (χ0n) is 10.2. The van der Waals surface area contributed by atoms with E-state index in [2.05, 4.69) is 10.3 Å². The standard InChI is InChI=1S/C13H21N3O/c14-10-13(5-2-1-3-6-13)12(17)16-9-11-4-7-15-8-11/h4,7-8,15H,1-3,5-6,9-10,14H2,(H,16,17). The van der Waals surface area contributed by atoms with Crippen molar-refractivity contribution in [2.45, 2.75) is 38.6 Å². The van der Waals surface area contributed by atoms with Gasteiger partial charge in [-0.05, 0) is 24.5 Å². The second kappa shape index (κ2) is 5.36. The maximum atomic E-state index is 12.2. The minimum Gasteiger partial charge on any atom is -0.367 e. The predicted octanol–water partition coefficient (Wildman–Crippen LogP) is 1.54. The summed E-state index contributed by atoms with van der Waals surface area (Å²) >= 11 is 0. The van der Waals surface area contributed by atoms with Gasteiger partial charge in [0.15, 0.2) is 0 Å². The van der Waals surface area contributed by atoms with E-state index >= 15 is 0 Å². The van der Waals surface area contributed by atoms with Crippen LogP contribution in [0.25, 0.3) is 0 Å². The van der Waals surface area contributed by atoms with Gasteiger partial charge in [0.25, 0.3) is 0 Å². The third-order valence-electron chi connectivity index (χ3n) is 3.80. The van der Waals surface area contributed by atoms with Gasteiger partial charge in [-0.15, -0.1) is 0 Å². The van der Waals surface area contributed by atoms with Crippen LogP contribution in [0.2, 0.25) is 0 Å². The molecule has 0 radical (unpaired) electrons. The fourth-order valence-corrected chi connectivity index (χ4v) is 2.59. The molecular formula is C13H21N3O. The molecule has 4 heteroatoms. The molecule has 1 aromatic rings. The third kappa shape index (κ3) is 2.69. The lowest BCUT2D eigenvalue weighted by molar-refractivity contribution is -0.132. The molecule has 0 spiro atoms. The van der Waals surface area contributed by atoms with Crippen LogP contribution in [0, 0.1) is 5.41 Å². The van der Waals surface area contributed by atoms with Gasteiger partial charge in [0.1, 0.15) is 0 Å². The van der Waals surface area contributed by atoms with Crippen LogP contribution in [-0.4, -0.2) is 17.4 Å². The number of hydrogen-bond donors (Lipinski definition) is 3. The van der Waals surface area contributed by atoms with Crippen molar-refractivity contribution in [3.63, 3.8) is 0 Å². The van der Waals surface area contributed by atoms with E-state index in [0.29, 0.717) is 13.1 Å². The summed E-state index contributed by atoms with van der Waals surface area (Å²) in [5.41, 5.74) is 6.61. The molecule has 1 aliphatic rings. The number of hydrogen-bond acceptors (Lipinski definition) is 2. The van der Waals surface area contributed by atoms with Crippen molar-refractivity contribution in [1.82, 2.24) is 10.3 Å². The van der Waals surface area contributed by atoms with Gasteiger partial charge in [0.2, 0.25) is 5.91 Å². The summed E-state index contributed by atoms with van der Waals surface area (Å²) < 4.78 is 0. The molecule has 0 saturated heterocycles. The summed E-state index contributed by atoms with van der Waals surface area (Å²) in [6.45, 7) is 1.05. The summed E-state index contributed by atoms with van der Waals surface area (Å²) in [7, 11) is 0. The first kappa shape index (κ1) is 12.2. The van der Waals surface area contributed by atoms with E-state index < -0.39 is 0 Å². The molecule has 1 amide bonds. The maximum absolute atomic E-state index is 12.2. The number of amides is 1. The van der Waals surface area contributed by atoms with Crippen LogP contribution >= 0.6 is 0 Å². The summed E-state index contributed by atoms with van der Waals surface area (Å²) in [5, 5.41) is 3.01. The fraction of sp³-hybridized carbons (Fsp3) is 0.615. The molecule has 0 unspecified atom stereocenters. The highest BCUT2D eigenvalue weighted by Crippen LogP contribution is 2.35. The van der Waals surface area contributed by atoms with E-state index in [9.17, 15) is 4.79 Å². The number of aromatic amines is 1. The Morgan fingerprint density at radius 1 is 1.41 bits per heavy atom. The lowest BCUT2D eigenvalue weighted by atomic mass is 9.73. The number of carbonyl (C=O) groups is 1. The second-order valence-corrected chi connectivity index (χ2v) is 4.95. The third-order valence-corrected chi connectivity index (χ3v) is 3.80. The molecule has 1 heterocycles. The van der Waals surface area contributed by atoms with E-state index in [1.54, 1.807) is 0 Å². The predicted molar refractivity (Wildman–Crippen MR) is 67.2 cm³/mol. The number of nitrogens with one attached hydrogen (secondary N) is 2. The molecule has 1 aliphatic carbocycles. The minimum absolute atomic E-state index is 0.126. The van der Waals surface area contributed by atoms with E-state index in [4.69, 9.17) is 5.73 Å². The molecule has 0 atom stereocenters. The Hall–Kier alpha value is -1.29. The van der Waals surface area contributed by atoms with Gasteiger partial charge in [-0.25, -0.2) is 0 Å². The SMILES string of the molecule is NCC1(C(=O)NCc2cc[nH]c2)CCCCC1. The first-order valence-corrected chi connectivity index (χ1v) is 6.37. The molecule has 0 aliphatic heterocycles. The molecule has 4 N–H and O–H groups in total. The highest BCUT2D eigenvalue weighted by Gasteiger charge is 2.37. The molecule has 1 aromatic heterocycles. The Bertz CT molecular complexity index is 353. The zero-order valence-corrected chi connectivity index (χ0v) is 10.2. The van der Waals surface area contributed by atoms with Crippen LogP contribution in [0.3, 0.4) is 0 Å². The van der Waals surface area contributed by atoms with E-state index in [-0.39, 0.29) is 11.3 Å². The minimum atomic E-state index is -0.311. The van der Waals surface area contributed by atoms with Crippen molar-refractivity contribution in [3.05, 3.63) is 24.0 Å². The van der Waals surface area contributed by atoms with Crippen LogP contribution in [0.4, 0.5) is 0 Å². The monoisotopic (exact) mass is 235 g/mol. The van der Waals surface area contributed by atoms with Gasteiger partial charge in [-0.2, -0.15) is 0 Å². The van der Waals surface area contributed by atoms with Crippen LogP contribution < -0.4 is 11.1 Å². The largest absolute Gasteiger partial charge is 0.367 e. The Labute approximate surface area is 102 Å². The Balaban J connectivity index is 1.93. The molecule has 1 saturated carbocycles. The first-order chi connectivity index (χ1) is 8.27. The Kier molecular flexibility index (Phi) is 3.84. The molecule has 0 bridgehead atoms. The highest BCUT2D eigenvalue weighted by atomic mass is 16.2. The molecule has 17 heavy (non-hydrogen) atoms. The summed E-state index contributed by atoms with van der Waals surface area (Å²) in [5.74, 6) is 0.126. The van der Waals surface area contributed by atoms with E-state index in [0.717, 1.165) is 31.2 Å². The molecule has 4 nitrogen and oxygen atoms in total. The summed E-state index contributed by atoms with van der Waals surface area (Å²) in [6.07, 6.45) is 9.10. The van der Waals surface area contributed by atoms with Gasteiger partial charge in [0, 0.05) is 25.5 Å². The van der Waals surface area contributed by atoms with Gasteiger partial charge >= 0.3 is 0 Å². The molecule has 94 valence electrons. The quantitative estimate of drug-likeness (QED) is 0.741.